The van der Waals surface area contributed by atoms with Crippen LogP contribution in [0.4, 0.5) is 0 Å². The minimum atomic E-state index is -0.205. The van der Waals surface area contributed by atoms with Crippen LogP contribution in [0.2, 0.25) is 0 Å². The van der Waals surface area contributed by atoms with Crippen LogP contribution in [0.15, 0.2) is 43.0 Å². The minimum absolute atomic E-state index is 0.139. The summed E-state index contributed by atoms with van der Waals surface area (Å²) in [5.41, 5.74) is 1.04. The molecule has 1 aromatic heterocycles. The molecule has 5 nitrogen and oxygen atoms in total. The average molecular weight is 312 g/mol. The smallest absolute Gasteiger partial charge is 0.226 e. The highest BCUT2D eigenvalue weighted by molar-refractivity contribution is 5.84. The number of carbonyl (C=O) groups is 1. The molecule has 3 rings (SSSR count). The van der Waals surface area contributed by atoms with Crippen LogP contribution in [-0.4, -0.2) is 26.7 Å². The summed E-state index contributed by atoms with van der Waals surface area (Å²) in [6, 6.07) is 10.5. The van der Waals surface area contributed by atoms with E-state index in [2.05, 4.69) is 34.5 Å². The molecular formula is C18H24N4O. The first-order chi connectivity index (χ1) is 11.2. The second kappa shape index (κ2) is 6.94. The number of amides is 1. The van der Waals surface area contributed by atoms with Gasteiger partial charge in [0.05, 0.1) is 5.41 Å². The van der Waals surface area contributed by atoms with Crippen molar-refractivity contribution < 1.29 is 4.79 Å². The molecule has 2 aromatic rings. The van der Waals surface area contributed by atoms with Gasteiger partial charge >= 0.3 is 0 Å². The zero-order valence-electron chi connectivity index (χ0n) is 13.6. The van der Waals surface area contributed by atoms with Crippen molar-refractivity contribution >= 4 is 5.91 Å². The van der Waals surface area contributed by atoms with Crippen molar-refractivity contribution in [3.63, 3.8) is 0 Å². The van der Waals surface area contributed by atoms with Gasteiger partial charge in [-0.15, -0.1) is 0 Å². The Morgan fingerprint density at radius 2 is 2.13 bits per heavy atom. The second-order valence-corrected chi connectivity index (χ2v) is 6.62. The summed E-state index contributed by atoms with van der Waals surface area (Å²) in [5.74, 6) is 0.207. The van der Waals surface area contributed by atoms with E-state index in [0.717, 1.165) is 38.6 Å². The molecular weight excluding hydrogens is 288 g/mol. The number of hydrogen-bond acceptors (Lipinski definition) is 3. The van der Waals surface area contributed by atoms with Crippen LogP contribution in [0.1, 0.15) is 38.2 Å². The van der Waals surface area contributed by atoms with Gasteiger partial charge in [-0.1, -0.05) is 36.8 Å². The maximum atomic E-state index is 12.8. The van der Waals surface area contributed by atoms with E-state index in [1.54, 1.807) is 11.0 Å². The first-order valence-corrected chi connectivity index (χ1v) is 8.35. The van der Waals surface area contributed by atoms with Crippen LogP contribution in [-0.2, 0) is 17.8 Å². The van der Waals surface area contributed by atoms with Crippen molar-refractivity contribution in [1.29, 1.82) is 0 Å². The minimum Gasteiger partial charge on any atom is -0.353 e. The van der Waals surface area contributed by atoms with Crippen LogP contribution in [0.25, 0.3) is 0 Å². The Bertz CT molecular complexity index is 620. The van der Waals surface area contributed by atoms with Crippen molar-refractivity contribution in [2.24, 2.45) is 5.41 Å². The van der Waals surface area contributed by atoms with Crippen LogP contribution < -0.4 is 5.32 Å². The van der Waals surface area contributed by atoms with Crippen LogP contribution in [0.3, 0.4) is 0 Å². The van der Waals surface area contributed by atoms with Gasteiger partial charge in [0.2, 0.25) is 5.91 Å². The normalized spacial score (nSPS) is 17.3. The van der Waals surface area contributed by atoms with Crippen molar-refractivity contribution in [3.05, 3.63) is 48.5 Å². The summed E-state index contributed by atoms with van der Waals surface area (Å²) in [6.07, 6.45) is 8.07. The van der Waals surface area contributed by atoms with Crippen molar-refractivity contribution in [1.82, 2.24) is 20.1 Å². The Balaban J connectivity index is 1.55. The molecule has 122 valence electrons. The van der Waals surface area contributed by atoms with E-state index in [4.69, 9.17) is 0 Å². The molecule has 1 aliphatic rings. The fourth-order valence-electron chi connectivity index (χ4n) is 3.20. The number of hydrogen-bond donors (Lipinski definition) is 1. The number of nitrogens with one attached hydrogen (secondary N) is 1. The molecule has 1 aromatic carbocycles. The third-order valence-corrected chi connectivity index (χ3v) is 4.81. The van der Waals surface area contributed by atoms with E-state index < -0.39 is 0 Å². The molecule has 1 amide bonds. The number of rotatable bonds is 7. The van der Waals surface area contributed by atoms with Crippen molar-refractivity contribution in [2.75, 3.05) is 0 Å². The van der Waals surface area contributed by atoms with E-state index >= 15 is 0 Å². The van der Waals surface area contributed by atoms with E-state index in [-0.39, 0.29) is 17.4 Å². The highest BCUT2D eigenvalue weighted by atomic mass is 16.2. The molecule has 5 heteroatoms. The fourth-order valence-corrected chi connectivity index (χ4v) is 3.20. The average Bonchev–Trinajstić information content (AvgIpc) is 3.03. The first-order valence-electron chi connectivity index (χ1n) is 8.35. The Morgan fingerprint density at radius 1 is 1.35 bits per heavy atom. The molecule has 1 fully saturated rings. The zero-order valence-corrected chi connectivity index (χ0v) is 13.6. The molecule has 1 atom stereocenters. The van der Waals surface area contributed by atoms with E-state index in [9.17, 15) is 4.79 Å². The summed E-state index contributed by atoms with van der Waals surface area (Å²) in [7, 11) is 0. The quantitative estimate of drug-likeness (QED) is 0.855. The molecule has 0 bridgehead atoms. The van der Waals surface area contributed by atoms with Gasteiger partial charge in [0, 0.05) is 12.6 Å². The first kappa shape index (κ1) is 15.7. The standard InChI is InChI=1S/C18H24N4O/c1-15(8-11-22-14-19-13-20-22)21-17(23)18(9-5-10-18)12-16-6-3-2-4-7-16/h2-4,6-7,13-15H,5,8-12H2,1H3,(H,21,23). The molecule has 23 heavy (non-hydrogen) atoms. The Kier molecular flexibility index (Phi) is 4.74. The van der Waals surface area contributed by atoms with E-state index in [1.807, 2.05) is 18.2 Å². The Labute approximate surface area is 137 Å². The SMILES string of the molecule is CC(CCn1cncn1)NC(=O)C1(Cc2ccccc2)CCC1. The number of aromatic nitrogens is 3. The van der Waals surface area contributed by atoms with Gasteiger partial charge in [0.1, 0.15) is 12.7 Å². The van der Waals surface area contributed by atoms with Gasteiger partial charge in [-0.2, -0.15) is 5.10 Å². The van der Waals surface area contributed by atoms with Crippen LogP contribution >= 0.6 is 0 Å². The van der Waals surface area contributed by atoms with E-state index in [1.165, 1.54) is 11.9 Å². The van der Waals surface area contributed by atoms with Crippen LogP contribution in [0.5, 0.6) is 0 Å². The lowest BCUT2D eigenvalue weighted by Gasteiger charge is -2.41. The number of aryl methyl sites for hydroxylation is 1. The maximum absolute atomic E-state index is 12.8. The molecule has 0 radical (unpaired) electrons. The predicted octanol–water partition coefficient (Wildman–Crippen LogP) is 2.59. The summed E-state index contributed by atoms with van der Waals surface area (Å²) in [4.78, 5) is 16.7. The lowest BCUT2D eigenvalue weighted by molar-refractivity contribution is -0.136. The third-order valence-electron chi connectivity index (χ3n) is 4.81. The van der Waals surface area contributed by atoms with Crippen LogP contribution in [0, 0.1) is 5.41 Å². The Morgan fingerprint density at radius 3 is 2.74 bits per heavy atom. The van der Waals surface area contributed by atoms with Gasteiger partial charge in [0.25, 0.3) is 0 Å². The van der Waals surface area contributed by atoms with Gasteiger partial charge < -0.3 is 5.32 Å². The van der Waals surface area contributed by atoms with Gasteiger partial charge in [0.15, 0.2) is 0 Å². The third kappa shape index (κ3) is 3.78. The van der Waals surface area contributed by atoms with Gasteiger partial charge in [-0.05, 0) is 38.2 Å². The molecule has 1 saturated carbocycles. The fraction of sp³-hybridized carbons (Fsp3) is 0.500. The molecule has 1 N–H and O–H groups in total. The molecule has 0 spiro atoms. The molecule has 1 aliphatic carbocycles. The maximum Gasteiger partial charge on any atom is 0.226 e. The molecule has 0 saturated heterocycles. The Hall–Kier alpha value is -2.17. The highest BCUT2D eigenvalue weighted by Crippen LogP contribution is 2.44. The lowest BCUT2D eigenvalue weighted by Crippen LogP contribution is -2.49. The molecule has 1 heterocycles. The van der Waals surface area contributed by atoms with Crippen molar-refractivity contribution in [3.8, 4) is 0 Å². The lowest BCUT2D eigenvalue weighted by atomic mass is 9.64. The number of benzene rings is 1. The zero-order chi connectivity index (χ0) is 16.1. The summed E-state index contributed by atoms with van der Waals surface area (Å²) >= 11 is 0. The number of nitrogens with zero attached hydrogens (tertiary/aromatic N) is 3. The van der Waals surface area contributed by atoms with Crippen molar-refractivity contribution in [2.45, 2.75) is 51.6 Å². The number of carbonyl (C=O) groups excluding carboxylic acids is 1. The van der Waals surface area contributed by atoms with Gasteiger partial charge in [-0.3, -0.25) is 9.48 Å². The van der Waals surface area contributed by atoms with E-state index in [0.29, 0.717) is 0 Å². The molecule has 1 unspecified atom stereocenters. The summed E-state index contributed by atoms with van der Waals surface area (Å²) in [5, 5.41) is 7.30. The highest BCUT2D eigenvalue weighted by Gasteiger charge is 2.44. The topological polar surface area (TPSA) is 59.8 Å². The summed E-state index contributed by atoms with van der Waals surface area (Å²) < 4.78 is 1.80. The predicted molar refractivity (Wildman–Crippen MR) is 88.7 cm³/mol. The monoisotopic (exact) mass is 312 g/mol. The largest absolute Gasteiger partial charge is 0.353 e. The second-order valence-electron chi connectivity index (χ2n) is 6.62. The molecule has 0 aliphatic heterocycles. The van der Waals surface area contributed by atoms with Gasteiger partial charge in [-0.25, -0.2) is 4.98 Å². The summed E-state index contributed by atoms with van der Waals surface area (Å²) in [6.45, 7) is 2.83.